The molecule has 2 aromatic carbocycles. The largest absolute Gasteiger partial charge is 0.445 e. The molecule has 0 aromatic heterocycles. The van der Waals surface area contributed by atoms with Gasteiger partial charge in [-0.25, -0.2) is 9.59 Å². The van der Waals surface area contributed by atoms with Crippen molar-refractivity contribution in [3.05, 3.63) is 71.8 Å². The Morgan fingerprint density at radius 2 is 1.50 bits per heavy atom. The van der Waals surface area contributed by atoms with Crippen molar-refractivity contribution in [1.82, 2.24) is 10.2 Å². The molecule has 170 valence electrons. The van der Waals surface area contributed by atoms with E-state index in [0.717, 1.165) is 11.1 Å². The second-order valence-corrected chi connectivity index (χ2v) is 8.74. The molecule has 1 saturated heterocycles. The van der Waals surface area contributed by atoms with Gasteiger partial charge in [-0.3, -0.25) is 0 Å². The van der Waals surface area contributed by atoms with E-state index in [9.17, 15) is 14.7 Å². The molecular weight excluding hydrogens is 408 g/mol. The van der Waals surface area contributed by atoms with Crippen LogP contribution in [0.5, 0.6) is 0 Å². The minimum Gasteiger partial charge on any atom is -0.445 e. The lowest BCUT2D eigenvalue weighted by molar-refractivity contribution is 0.0469. The number of aliphatic hydroxyl groups excluding tert-OH is 1. The SMILES string of the molecule is O=C(N[C@@H]1C[C@H](O)CC12CCN(C(=O)OCc1ccccc1)CC2)OCc1ccccc1. The van der Waals surface area contributed by atoms with Crippen LogP contribution in [-0.2, 0) is 22.7 Å². The van der Waals surface area contributed by atoms with Gasteiger partial charge in [0.05, 0.1) is 6.10 Å². The predicted molar refractivity (Wildman–Crippen MR) is 119 cm³/mol. The molecule has 1 aliphatic heterocycles. The van der Waals surface area contributed by atoms with Crippen LogP contribution in [0, 0.1) is 5.41 Å². The normalized spacial score (nSPS) is 21.8. The zero-order valence-electron chi connectivity index (χ0n) is 18.1. The Labute approximate surface area is 188 Å². The van der Waals surface area contributed by atoms with Gasteiger partial charge in [0.2, 0.25) is 0 Å². The number of nitrogens with zero attached hydrogens (tertiary/aromatic N) is 1. The molecule has 2 atom stereocenters. The van der Waals surface area contributed by atoms with E-state index < -0.39 is 12.2 Å². The topological polar surface area (TPSA) is 88.1 Å². The summed E-state index contributed by atoms with van der Waals surface area (Å²) < 4.78 is 10.8. The summed E-state index contributed by atoms with van der Waals surface area (Å²) in [7, 11) is 0. The molecule has 0 bridgehead atoms. The molecule has 7 nitrogen and oxygen atoms in total. The van der Waals surface area contributed by atoms with Crippen LogP contribution >= 0.6 is 0 Å². The van der Waals surface area contributed by atoms with Gasteiger partial charge < -0.3 is 24.8 Å². The van der Waals surface area contributed by atoms with Crippen LogP contribution in [0.3, 0.4) is 0 Å². The van der Waals surface area contributed by atoms with Crippen molar-refractivity contribution >= 4 is 12.2 Å². The number of carbonyl (C=O) groups is 2. The Kier molecular flexibility index (Phi) is 6.95. The Morgan fingerprint density at radius 1 is 0.938 bits per heavy atom. The van der Waals surface area contributed by atoms with Gasteiger partial charge in [0.25, 0.3) is 0 Å². The Bertz CT molecular complexity index is 897. The van der Waals surface area contributed by atoms with E-state index in [1.54, 1.807) is 4.90 Å². The summed E-state index contributed by atoms with van der Waals surface area (Å²) in [5, 5.41) is 13.3. The molecule has 2 amide bonds. The number of ether oxygens (including phenoxy) is 2. The number of benzene rings is 2. The number of hydrogen-bond acceptors (Lipinski definition) is 5. The minimum absolute atomic E-state index is 0.178. The van der Waals surface area contributed by atoms with Crippen molar-refractivity contribution in [3.63, 3.8) is 0 Å². The molecule has 1 spiro atoms. The monoisotopic (exact) mass is 438 g/mol. The molecule has 2 aromatic rings. The van der Waals surface area contributed by atoms with E-state index in [2.05, 4.69) is 5.32 Å². The third-order valence-electron chi connectivity index (χ3n) is 6.62. The highest BCUT2D eigenvalue weighted by Gasteiger charge is 2.49. The standard InChI is InChI=1S/C25H30N2O5/c28-21-15-22(26-23(29)31-17-19-7-3-1-4-8-19)25(16-21)11-13-27(14-12-25)24(30)32-18-20-9-5-2-6-10-20/h1-10,21-22,28H,11-18H2,(H,26,29)/t21-,22+/m0/s1. The van der Waals surface area contributed by atoms with Crippen LogP contribution < -0.4 is 5.32 Å². The van der Waals surface area contributed by atoms with Crippen molar-refractivity contribution < 1.29 is 24.2 Å². The van der Waals surface area contributed by atoms with Crippen molar-refractivity contribution in [2.45, 2.75) is 51.0 Å². The highest BCUT2D eigenvalue weighted by Crippen LogP contribution is 2.46. The summed E-state index contributed by atoms with van der Waals surface area (Å²) in [5.74, 6) is 0. The quantitative estimate of drug-likeness (QED) is 0.740. The first-order valence-electron chi connectivity index (χ1n) is 11.1. The van der Waals surface area contributed by atoms with E-state index in [1.165, 1.54) is 0 Å². The number of amides is 2. The maximum atomic E-state index is 12.5. The molecule has 2 fully saturated rings. The van der Waals surface area contributed by atoms with Gasteiger partial charge in [-0.2, -0.15) is 0 Å². The Balaban J connectivity index is 1.28. The zero-order valence-corrected chi connectivity index (χ0v) is 18.1. The average molecular weight is 439 g/mol. The Morgan fingerprint density at radius 3 is 2.09 bits per heavy atom. The molecule has 32 heavy (non-hydrogen) atoms. The van der Waals surface area contributed by atoms with Gasteiger partial charge in [-0.15, -0.1) is 0 Å². The van der Waals surface area contributed by atoms with Crippen LogP contribution in [0.4, 0.5) is 9.59 Å². The van der Waals surface area contributed by atoms with Gasteiger partial charge >= 0.3 is 12.2 Å². The number of aliphatic hydroxyl groups is 1. The first kappa shape index (κ1) is 22.1. The van der Waals surface area contributed by atoms with Gasteiger partial charge in [0.1, 0.15) is 13.2 Å². The molecule has 0 unspecified atom stereocenters. The van der Waals surface area contributed by atoms with Gasteiger partial charge in [0.15, 0.2) is 0 Å². The van der Waals surface area contributed by atoms with E-state index >= 15 is 0 Å². The van der Waals surface area contributed by atoms with Crippen molar-refractivity contribution in [2.75, 3.05) is 13.1 Å². The van der Waals surface area contributed by atoms with Crippen LogP contribution in [-0.4, -0.2) is 47.4 Å². The summed E-state index contributed by atoms with van der Waals surface area (Å²) in [6, 6.07) is 18.9. The van der Waals surface area contributed by atoms with Crippen molar-refractivity contribution in [1.29, 1.82) is 0 Å². The maximum absolute atomic E-state index is 12.5. The lowest BCUT2D eigenvalue weighted by Gasteiger charge is -2.42. The van der Waals surface area contributed by atoms with Gasteiger partial charge in [-0.05, 0) is 42.2 Å². The number of piperidine rings is 1. The Hall–Kier alpha value is -3.06. The van der Waals surface area contributed by atoms with E-state index in [4.69, 9.17) is 9.47 Å². The summed E-state index contributed by atoms with van der Waals surface area (Å²) in [6.07, 6.45) is 1.25. The van der Waals surface area contributed by atoms with Crippen LogP contribution in [0.2, 0.25) is 0 Å². The molecular formula is C25H30N2O5. The average Bonchev–Trinajstić information content (AvgIpc) is 3.11. The second-order valence-electron chi connectivity index (χ2n) is 8.74. The number of hydrogen-bond donors (Lipinski definition) is 2. The van der Waals surface area contributed by atoms with Crippen LogP contribution in [0.25, 0.3) is 0 Å². The zero-order chi connectivity index (χ0) is 22.4. The van der Waals surface area contributed by atoms with Crippen LogP contribution in [0.15, 0.2) is 60.7 Å². The number of likely N-dealkylation sites (tertiary alicyclic amines) is 1. The van der Waals surface area contributed by atoms with Crippen molar-refractivity contribution in [3.8, 4) is 0 Å². The van der Waals surface area contributed by atoms with E-state index in [0.29, 0.717) is 38.8 Å². The summed E-state index contributed by atoms with van der Waals surface area (Å²) in [5.41, 5.74) is 1.64. The smallest absolute Gasteiger partial charge is 0.410 e. The fourth-order valence-electron chi connectivity index (χ4n) is 4.83. The second kappa shape index (κ2) is 10.0. The minimum atomic E-state index is -0.475. The maximum Gasteiger partial charge on any atom is 0.410 e. The van der Waals surface area contributed by atoms with Crippen molar-refractivity contribution in [2.24, 2.45) is 5.41 Å². The molecule has 2 N–H and O–H groups in total. The molecule has 7 heteroatoms. The number of alkyl carbamates (subject to hydrolysis) is 1. The number of carbonyl (C=O) groups excluding carboxylic acids is 2. The van der Waals surface area contributed by atoms with E-state index in [1.807, 2.05) is 60.7 Å². The van der Waals surface area contributed by atoms with Gasteiger partial charge in [0, 0.05) is 19.1 Å². The summed E-state index contributed by atoms with van der Waals surface area (Å²) >= 11 is 0. The molecule has 1 aliphatic carbocycles. The van der Waals surface area contributed by atoms with E-state index in [-0.39, 0.29) is 30.8 Å². The molecule has 1 saturated carbocycles. The summed E-state index contributed by atoms with van der Waals surface area (Å²) in [6.45, 7) is 1.53. The first-order chi connectivity index (χ1) is 15.5. The highest BCUT2D eigenvalue weighted by atomic mass is 16.6. The molecule has 1 heterocycles. The third-order valence-corrected chi connectivity index (χ3v) is 6.62. The fourth-order valence-corrected chi connectivity index (χ4v) is 4.83. The molecule has 0 radical (unpaired) electrons. The number of nitrogens with one attached hydrogen (secondary N) is 1. The first-order valence-corrected chi connectivity index (χ1v) is 11.1. The third kappa shape index (κ3) is 5.40. The lowest BCUT2D eigenvalue weighted by atomic mass is 9.74. The highest BCUT2D eigenvalue weighted by molar-refractivity contribution is 5.68. The molecule has 2 aliphatic rings. The van der Waals surface area contributed by atoms with Gasteiger partial charge in [-0.1, -0.05) is 60.7 Å². The molecule has 4 rings (SSSR count). The predicted octanol–water partition coefficient (Wildman–Crippen LogP) is 3.86. The fraction of sp³-hybridized carbons (Fsp3) is 0.440. The lowest BCUT2D eigenvalue weighted by Crippen LogP contribution is -2.51. The summed E-state index contributed by atoms with van der Waals surface area (Å²) in [4.78, 5) is 26.6. The van der Waals surface area contributed by atoms with Crippen LogP contribution in [0.1, 0.15) is 36.8 Å². The number of rotatable bonds is 5.